The molecule has 0 unspecified atom stereocenters. The first kappa shape index (κ1) is 29.0. The van der Waals surface area contributed by atoms with Gasteiger partial charge in [0, 0.05) is 36.6 Å². The van der Waals surface area contributed by atoms with E-state index in [9.17, 15) is 14.4 Å². The molecule has 2 aromatic carbocycles. The second-order valence-corrected chi connectivity index (χ2v) is 9.72. The summed E-state index contributed by atoms with van der Waals surface area (Å²) in [6.45, 7) is 1.32. The minimum Gasteiger partial charge on any atom is -0.497 e. The van der Waals surface area contributed by atoms with Crippen molar-refractivity contribution in [3.8, 4) is 5.75 Å². The highest BCUT2D eigenvalue weighted by Crippen LogP contribution is 2.23. The van der Waals surface area contributed by atoms with Crippen molar-refractivity contribution in [2.24, 2.45) is 11.5 Å². The molecule has 1 saturated heterocycles. The number of methoxy groups -OCH3 is 1. The van der Waals surface area contributed by atoms with Crippen molar-refractivity contribution in [1.29, 1.82) is 5.41 Å². The Hall–Kier alpha value is -3.61. The van der Waals surface area contributed by atoms with E-state index in [0.717, 1.165) is 10.5 Å². The summed E-state index contributed by atoms with van der Waals surface area (Å²) < 4.78 is 8.31. The first-order valence-electron chi connectivity index (χ1n) is 12.4. The average Bonchev–Trinajstić information content (AvgIpc) is 3.43. The lowest BCUT2D eigenvalue weighted by atomic mass is 10.1. The molecule has 1 heterocycles. The molecule has 1 aliphatic rings. The second-order valence-electron chi connectivity index (χ2n) is 8.81. The van der Waals surface area contributed by atoms with Gasteiger partial charge in [-0.2, -0.15) is 0 Å². The van der Waals surface area contributed by atoms with Gasteiger partial charge < -0.3 is 31.7 Å². The van der Waals surface area contributed by atoms with Crippen LogP contribution in [0.5, 0.6) is 5.75 Å². The normalized spacial score (nSPS) is 15.5. The molecule has 3 rings (SSSR count). The fourth-order valence-electron chi connectivity index (χ4n) is 4.04. The van der Waals surface area contributed by atoms with Crippen molar-refractivity contribution in [3.63, 3.8) is 0 Å². The summed E-state index contributed by atoms with van der Waals surface area (Å²) in [5.74, 6) is -0.168. The molecule has 12 heteroatoms. The monoisotopic (exact) mass is 541 g/mol. The molecule has 1 aliphatic heterocycles. The number of carbonyl (C=O) groups excluding carboxylic acids is 3. The van der Waals surface area contributed by atoms with Crippen molar-refractivity contribution < 1.29 is 19.1 Å². The van der Waals surface area contributed by atoms with E-state index in [1.165, 1.54) is 11.9 Å². The number of amidine groups is 1. The Labute approximate surface area is 226 Å². The predicted octanol–water partition coefficient (Wildman–Crippen LogP) is 0.717. The molecular weight excluding hydrogens is 506 g/mol. The van der Waals surface area contributed by atoms with Crippen LogP contribution >= 0.6 is 11.9 Å². The number of ether oxygens (including phenoxy) is 1. The number of carbonyl (C=O) groups is 3. The molecule has 204 valence electrons. The van der Waals surface area contributed by atoms with Gasteiger partial charge in [-0.1, -0.05) is 24.3 Å². The molecule has 0 aliphatic carbocycles. The van der Waals surface area contributed by atoms with Crippen molar-refractivity contribution in [2.75, 3.05) is 26.7 Å². The van der Waals surface area contributed by atoms with E-state index < -0.39 is 12.1 Å². The number of amides is 3. The Morgan fingerprint density at radius 3 is 2.47 bits per heavy atom. The minimum absolute atomic E-state index is 0.0225. The number of hydrogen-bond donors (Lipinski definition) is 6. The van der Waals surface area contributed by atoms with Gasteiger partial charge in [0.25, 0.3) is 0 Å². The van der Waals surface area contributed by atoms with E-state index in [1.807, 2.05) is 24.3 Å². The maximum atomic E-state index is 13.6. The second kappa shape index (κ2) is 14.4. The number of rotatable bonds is 13. The van der Waals surface area contributed by atoms with E-state index >= 15 is 0 Å². The van der Waals surface area contributed by atoms with Crippen LogP contribution in [0.3, 0.4) is 0 Å². The summed E-state index contributed by atoms with van der Waals surface area (Å²) >= 11 is 1.24. The van der Waals surface area contributed by atoms with Gasteiger partial charge in [-0.05, 0) is 54.6 Å². The third kappa shape index (κ3) is 8.20. The zero-order chi connectivity index (χ0) is 27.5. The highest BCUT2D eigenvalue weighted by molar-refractivity contribution is 7.97. The molecule has 11 nitrogen and oxygen atoms in total. The predicted molar refractivity (Wildman–Crippen MR) is 146 cm³/mol. The number of hydrogen-bond acceptors (Lipinski definition) is 8. The molecule has 2 aromatic rings. The van der Waals surface area contributed by atoms with E-state index in [2.05, 4.69) is 15.4 Å². The fourth-order valence-corrected chi connectivity index (χ4v) is 4.78. The molecule has 0 saturated carbocycles. The zero-order valence-electron chi connectivity index (χ0n) is 21.4. The van der Waals surface area contributed by atoms with Crippen LogP contribution in [0.1, 0.15) is 30.4 Å². The molecule has 38 heavy (non-hydrogen) atoms. The summed E-state index contributed by atoms with van der Waals surface area (Å²) in [6.07, 6.45) is 1.14. The lowest BCUT2D eigenvalue weighted by Crippen LogP contribution is -2.52. The molecule has 0 bridgehead atoms. The Balaban J connectivity index is 1.65. The van der Waals surface area contributed by atoms with Crippen molar-refractivity contribution in [3.05, 3.63) is 59.7 Å². The molecule has 8 N–H and O–H groups in total. The van der Waals surface area contributed by atoms with Gasteiger partial charge >= 0.3 is 0 Å². The van der Waals surface area contributed by atoms with Crippen LogP contribution in [0.2, 0.25) is 0 Å². The largest absolute Gasteiger partial charge is 0.497 e. The van der Waals surface area contributed by atoms with Gasteiger partial charge in [0.1, 0.15) is 23.7 Å². The third-order valence-corrected chi connectivity index (χ3v) is 7.01. The van der Waals surface area contributed by atoms with Gasteiger partial charge in [-0.25, -0.2) is 4.72 Å². The van der Waals surface area contributed by atoms with Crippen LogP contribution in [0.25, 0.3) is 0 Å². The van der Waals surface area contributed by atoms with Crippen LogP contribution < -0.4 is 31.6 Å². The van der Waals surface area contributed by atoms with Crippen molar-refractivity contribution in [1.82, 2.24) is 20.3 Å². The van der Waals surface area contributed by atoms with Crippen LogP contribution in [-0.2, 0) is 20.9 Å². The first-order valence-corrected chi connectivity index (χ1v) is 13.2. The van der Waals surface area contributed by atoms with E-state index in [4.69, 9.17) is 21.6 Å². The molecule has 0 aromatic heterocycles. The number of benzene rings is 2. The van der Waals surface area contributed by atoms with Gasteiger partial charge in [-0.15, -0.1) is 0 Å². The van der Waals surface area contributed by atoms with Crippen molar-refractivity contribution >= 4 is 35.5 Å². The van der Waals surface area contributed by atoms with E-state index in [0.29, 0.717) is 43.8 Å². The SMILES string of the molecule is COc1ccc(SN[C@H](CC(=O)NCCN)C(=O)N2CCC[C@H]2C(=O)NCc2ccc(C(=N)N)cc2)cc1. The van der Waals surface area contributed by atoms with Gasteiger partial charge in [0.2, 0.25) is 17.7 Å². The maximum Gasteiger partial charge on any atom is 0.243 e. The summed E-state index contributed by atoms with van der Waals surface area (Å²) in [5.41, 5.74) is 12.4. The molecule has 0 spiro atoms. The molecular formula is C26H35N7O4S. The topological polar surface area (TPSA) is 176 Å². The highest BCUT2D eigenvalue weighted by Gasteiger charge is 2.37. The lowest BCUT2D eigenvalue weighted by Gasteiger charge is -2.28. The summed E-state index contributed by atoms with van der Waals surface area (Å²) in [4.78, 5) is 41.5. The molecule has 3 amide bonds. The Bertz CT molecular complexity index is 1110. The average molecular weight is 542 g/mol. The minimum atomic E-state index is -0.840. The Morgan fingerprint density at radius 2 is 1.84 bits per heavy atom. The van der Waals surface area contributed by atoms with Crippen LogP contribution in [0.4, 0.5) is 0 Å². The fraction of sp³-hybridized carbons (Fsp3) is 0.385. The van der Waals surface area contributed by atoms with Gasteiger partial charge in [-0.3, -0.25) is 19.8 Å². The molecule has 1 fully saturated rings. The van der Waals surface area contributed by atoms with Crippen LogP contribution in [0, 0.1) is 5.41 Å². The zero-order valence-corrected chi connectivity index (χ0v) is 22.2. The third-order valence-electron chi connectivity index (χ3n) is 6.10. The number of nitrogens with one attached hydrogen (secondary N) is 4. The number of nitrogens with zero attached hydrogens (tertiary/aromatic N) is 1. The van der Waals surface area contributed by atoms with Gasteiger partial charge in [0.15, 0.2) is 0 Å². The van der Waals surface area contributed by atoms with Crippen LogP contribution in [0.15, 0.2) is 53.4 Å². The Morgan fingerprint density at radius 1 is 1.13 bits per heavy atom. The first-order chi connectivity index (χ1) is 18.3. The summed E-state index contributed by atoms with van der Waals surface area (Å²) in [7, 11) is 1.59. The Kier molecular flexibility index (Phi) is 10.9. The summed E-state index contributed by atoms with van der Waals surface area (Å²) in [6, 6.07) is 12.9. The number of nitrogens with two attached hydrogens (primary N) is 2. The maximum absolute atomic E-state index is 13.6. The number of likely N-dealkylation sites (tertiary alicyclic amines) is 1. The molecule has 2 atom stereocenters. The summed E-state index contributed by atoms with van der Waals surface area (Å²) in [5, 5.41) is 13.1. The highest BCUT2D eigenvalue weighted by atomic mass is 32.2. The quantitative estimate of drug-likeness (QED) is 0.122. The van der Waals surface area contributed by atoms with E-state index in [1.54, 1.807) is 36.3 Å². The van der Waals surface area contributed by atoms with Crippen LogP contribution in [-0.4, -0.2) is 67.3 Å². The standard InChI is InChI=1S/C26H35N7O4S/c1-37-19-8-10-20(11-9-19)38-32-21(15-23(34)30-13-12-27)26(36)33-14-2-3-22(33)25(35)31-16-17-4-6-18(7-5-17)24(28)29/h4-11,21-22,32H,2-3,12-16,27H2,1H3,(H3,28,29)(H,30,34)(H,31,35)/t21-,22+/m1/s1. The smallest absolute Gasteiger partial charge is 0.243 e. The lowest BCUT2D eigenvalue weighted by molar-refractivity contribution is -0.140. The van der Waals surface area contributed by atoms with E-state index in [-0.39, 0.29) is 36.5 Å². The van der Waals surface area contributed by atoms with Gasteiger partial charge in [0.05, 0.1) is 13.5 Å². The molecule has 0 radical (unpaired) electrons. The number of nitrogen functional groups attached to an aromatic ring is 1. The van der Waals surface area contributed by atoms with Crippen molar-refractivity contribution in [2.45, 2.75) is 42.8 Å².